The van der Waals surface area contributed by atoms with Crippen molar-refractivity contribution in [2.45, 2.75) is 9.79 Å². The standard InChI is InChI=1S/C30H14Br8O8S/c1-3-21(39)45-29-17(35)9-19(23(25(29)37)11-5-13(31)27(41)14(32)6-11)47(43,44)20-10-18(36)30(46-22(40)4-2)26(38)24(20)12-7-15(33)28(42)16(34)8-12/h3-10,41-42H,1-2H2. The molecule has 0 fully saturated rings. The number of benzene rings is 4. The van der Waals surface area contributed by atoms with Crippen molar-refractivity contribution in [2.75, 3.05) is 0 Å². The predicted molar refractivity (Wildman–Crippen MR) is 206 cm³/mol. The van der Waals surface area contributed by atoms with E-state index in [0.717, 1.165) is 12.2 Å². The summed E-state index contributed by atoms with van der Waals surface area (Å²) in [4.78, 5) is 24.0. The Hall–Kier alpha value is -1.31. The molecule has 0 aliphatic carbocycles. The molecule has 8 nitrogen and oxygen atoms in total. The maximum atomic E-state index is 15.0. The highest BCUT2D eigenvalue weighted by Gasteiger charge is 2.34. The largest absolute Gasteiger partial charge is 0.506 e. The van der Waals surface area contributed by atoms with Crippen LogP contribution in [0.5, 0.6) is 23.0 Å². The summed E-state index contributed by atoms with van der Waals surface area (Å²) in [6, 6.07) is 8.51. The monoisotopic (exact) mass is 1170 g/mol. The van der Waals surface area contributed by atoms with Crippen LogP contribution in [0.4, 0.5) is 0 Å². The lowest BCUT2D eigenvalue weighted by molar-refractivity contribution is -0.129. The summed E-state index contributed by atoms with van der Waals surface area (Å²) in [5.74, 6) is -1.94. The molecule has 0 unspecified atom stereocenters. The first-order valence-corrected chi connectivity index (χ1v) is 20.1. The van der Waals surface area contributed by atoms with Crippen LogP contribution in [0, 0.1) is 0 Å². The van der Waals surface area contributed by atoms with E-state index in [1.165, 1.54) is 36.4 Å². The van der Waals surface area contributed by atoms with Gasteiger partial charge in [-0.05, 0) is 175 Å². The molecule has 0 aromatic heterocycles. The number of ether oxygens (including phenoxy) is 2. The molecule has 0 saturated heterocycles. The van der Waals surface area contributed by atoms with E-state index in [-0.39, 0.29) is 79.7 Å². The predicted octanol–water partition coefficient (Wildman–Crippen LogP) is 11.5. The van der Waals surface area contributed by atoms with Crippen molar-refractivity contribution in [2.24, 2.45) is 0 Å². The molecular formula is C30H14Br8O8S. The number of rotatable bonds is 8. The number of hydrogen-bond donors (Lipinski definition) is 2. The van der Waals surface area contributed by atoms with Gasteiger partial charge in [-0.2, -0.15) is 0 Å². The highest BCUT2D eigenvalue weighted by atomic mass is 79.9. The van der Waals surface area contributed by atoms with Crippen molar-refractivity contribution in [1.82, 2.24) is 0 Å². The first-order chi connectivity index (χ1) is 21.9. The van der Waals surface area contributed by atoms with Crippen LogP contribution >= 0.6 is 127 Å². The zero-order chi connectivity index (χ0) is 35.1. The van der Waals surface area contributed by atoms with Crippen molar-refractivity contribution >= 4 is 149 Å². The molecule has 0 atom stereocenters. The summed E-state index contributed by atoms with van der Waals surface area (Å²) < 4.78 is 42.2. The smallest absolute Gasteiger partial charge is 0.335 e. The van der Waals surface area contributed by atoms with Crippen LogP contribution in [0.25, 0.3) is 22.3 Å². The zero-order valence-electron chi connectivity index (χ0n) is 22.8. The molecule has 2 N–H and O–H groups in total. The van der Waals surface area contributed by atoms with E-state index >= 15 is 8.42 Å². The number of hydrogen-bond acceptors (Lipinski definition) is 8. The fraction of sp³-hybridized carbons (Fsp3) is 0. The highest BCUT2D eigenvalue weighted by molar-refractivity contribution is 9.12. The Labute approximate surface area is 335 Å². The van der Waals surface area contributed by atoms with Gasteiger partial charge in [0, 0.05) is 23.3 Å². The number of sulfone groups is 1. The molecule has 0 bridgehead atoms. The van der Waals surface area contributed by atoms with Crippen LogP contribution in [-0.4, -0.2) is 30.6 Å². The Balaban J connectivity index is 2.19. The summed E-state index contributed by atoms with van der Waals surface area (Å²) in [6.07, 6.45) is 1.90. The minimum absolute atomic E-state index is 0.0372. The second-order valence-corrected chi connectivity index (χ2v) is 17.7. The number of esters is 2. The van der Waals surface area contributed by atoms with Crippen LogP contribution in [0.2, 0.25) is 0 Å². The minimum atomic E-state index is -4.59. The average Bonchev–Trinajstić information content (AvgIpc) is 3.01. The van der Waals surface area contributed by atoms with Gasteiger partial charge in [0.2, 0.25) is 9.84 Å². The highest BCUT2D eigenvalue weighted by Crippen LogP contribution is 2.52. The molecule has 0 aliphatic rings. The Bertz CT molecular complexity index is 1960. The van der Waals surface area contributed by atoms with Crippen molar-refractivity contribution in [1.29, 1.82) is 0 Å². The van der Waals surface area contributed by atoms with Gasteiger partial charge in [0.25, 0.3) is 0 Å². The lowest BCUT2D eigenvalue weighted by atomic mass is 10.0. The SMILES string of the molecule is C=CC(=O)Oc1c(Br)cc(S(=O)(=O)c2cc(Br)c(OC(=O)C=C)c(Br)c2-c2cc(Br)c(O)c(Br)c2)c(-c2cc(Br)c(O)c(Br)c2)c1Br. The van der Waals surface area contributed by atoms with Gasteiger partial charge < -0.3 is 19.7 Å². The molecule has 17 heteroatoms. The van der Waals surface area contributed by atoms with E-state index in [0.29, 0.717) is 11.1 Å². The van der Waals surface area contributed by atoms with Crippen molar-refractivity contribution < 1.29 is 37.7 Å². The normalized spacial score (nSPS) is 11.2. The van der Waals surface area contributed by atoms with Gasteiger partial charge in [0.15, 0.2) is 11.5 Å². The number of halogens is 8. The van der Waals surface area contributed by atoms with Crippen molar-refractivity contribution in [3.05, 3.63) is 97.5 Å². The Morgan fingerprint density at radius 1 is 0.574 bits per heavy atom. The second kappa shape index (κ2) is 15.3. The quantitative estimate of drug-likeness (QED) is 0.101. The average molecular weight is 1170 g/mol. The molecule has 244 valence electrons. The number of phenols is 2. The van der Waals surface area contributed by atoms with Gasteiger partial charge in [0.1, 0.15) is 11.5 Å². The Kier molecular flexibility index (Phi) is 12.5. The third-order valence-electron chi connectivity index (χ3n) is 6.21. The fourth-order valence-corrected chi connectivity index (χ4v) is 11.9. The maximum Gasteiger partial charge on any atom is 0.335 e. The summed E-state index contributed by atoms with van der Waals surface area (Å²) in [5, 5.41) is 20.8. The maximum absolute atomic E-state index is 15.0. The van der Waals surface area contributed by atoms with Crippen molar-refractivity contribution in [3.63, 3.8) is 0 Å². The molecule has 0 spiro atoms. The van der Waals surface area contributed by atoms with Crippen LogP contribution in [0.1, 0.15) is 0 Å². The second-order valence-electron chi connectivity index (χ2n) is 9.08. The number of carbonyl (C=O) groups excluding carboxylic acids is 2. The third kappa shape index (κ3) is 7.72. The molecule has 47 heavy (non-hydrogen) atoms. The molecule has 0 radical (unpaired) electrons. The zero-order valence-corrected chi connectivity index (χ0v) is 36.3. The van der Waals surface area contributed by atoms with Crippen molar-refractivity contribution in [3.8, 4) is 45.3 Å². The first kappa shape index (κ1) is 38.5. The van der Waals surface area contributed by atoms with Gasteiger partial charge in [-0.3, -0.25) is 0 Å². The van der Waals surface area contributed by atoms with E-state index in [4.69, 9.17) is 9.47 Å². The lowest BCUT2D eigenvalue weighted by Gasteiger charge is -2.21. The third-order valence-corrected chi connectivity index (χ3v) is 13.1. The molecule has 0 aliphatic heterocycles. The van der Waals surface area contributed by atoms with Crippen LogP contribution in [0.15, 0.2) is 107 Å². The Morgan fingerprint density at radius 3 is 1.15 bits per heavy atom. The molecule has 0 saturated carbocycles. The number of carbonyl (C=O) groups is 2. The van der Waals surface area contributed by atoms with E-state index in [1.807, 2.05) is 0 Å². The molecule has 4 rings (SSSR count). The van der Waals surface area contributed by atoms with Crippen LogP contribution in [0.3, 0.4) is 0 Å². The molecule has 0 amide bonds. The lowest BCUT2D eigenvalue weighted by Crippen LogP contribution is -2.11. The number of phenolic OH excluding ortho intramolecular Hbond substituents is 2. The van der Waals surface area contributed by atoms with Gasteiger partial charge in [-0.25, -0.2) is 18.0 Å². The summed E-state index contributed by atoms with van der Waals surface area (Å²) in [6.45, 7) is 6.84. The van der Waals surface area contributed by atoms with E-state index < -0.39 is 21.8 Å². The molecule has 4 aromatic carbocycles. The van der Waals surface area contributed by atoms with Crippen LogP contribution < -0.4 is 9.47 Å². The summed E-state index contributed by atoms with van der Waals surface area (Å²) in [7, 11) is -4.59. The van der Waals surface area contributed by atoms with E-state index in [9.17, 15) is 19.8 Å². The molecular weight excluding hydrogens is 1160 g/mol. The van der Waals surface area contributed by atoms with Crippen LogP contribution in [-0.2, 0) is 19.4 Å². The molecule has 0 heterocycles. The number of aromatic hydroxyl groups is 2. The minimum Gasteiger partial charge on any atom is -0.506 e. The topological polar surface area (TPSA) is 127 Å². The van der Waals surface area contributed by atoms with E-state index in [1.54, 1.807) is 0 Å². The van der Waals surface area contributed by atoms with Gasteiger partial charge in [-0.15, -0.1) is 0 Å². The van der Waals surface area contributed by atoms with Gasteiger partial charge in [0.05, 0.1) is 45.6 Å². The Morgan fingerprint density at radius 2 is 0.872 bits per heavy atom. The van der Waals surface area contributed by atoms with E-state index in [2.05, 4.69) is 141 Å². The summed E-state index contributed by atoms with van der Waals surface area (Å²) in [5.41, 5.74) is 0.716. The first-order valence-electron chi connectivity index (χ1n) is 12.3. The fourth-order valence-electron chi connectivity index (χ4n) is 4.13. The van der Waals surface area contributed by atoms with Gasteiger partial charge >= 0.3 is 11.9 Å². The summed E-state index contributed by atoms with van der Waals surface area (Å²) >= 11 is 26.8. The molecule has 4 aromatic rings. The van der Waals surface area contributed by atoms with Gasteiger partial charge in [-0.1, -0.05) is 13.2 Å².